The number of nitrogens with zero attached hydrogens (tertiary/aromatic N) is 1. The average molecular weight is 389 g/mol. The minimum atomic E-state index is -1.02. The number of amides is 1. The van der Waals surface area contributed by atoms with E-state index in [-0.39, 0.29) is 19.1 Å². The van der Waals surface area contributed by atoms with Gasteiger partial charge in [0.2, 0.25) is 5.91 Å². The molecule has 1 aliphatic carbocycles. The highest BCUT2D eigenvalue weighted by atomic mass is 16.5. The normalized spacial score (nSPS) is 24.2. The lowest BCUT2D eigenvalue weighted by Gasteiger charge is -2.43. The molecule has 6 heteroatoms. The van der Waals surface area contributed by atoms with Crippen molar-refractivity contribution in [2.24, 2.45) is 5.41 Å². The van der Waals surface area contributed by atoms with Crippen molar-refractivity contribution in [1.29, 1.82) is 0 Å². The maximum atomic E-state index is 13.8. The molecule has 1 atom stereocenters. The first kappa shape index (κ1) is 20.6. The molecule has 1 aromatic carbocycles. The molecular formula is C22H31NO5. The van der Waals surface area contributed by atoms with Crippen LogP contribution in [0.4, 0.5) is 0 Å². The van der Waals surface area contributed by atoms with E-state index < -0.39 is 16.8 Å². The van der Waals surface area contributed by atoms with E-state index in [0.29, 0.717) is 19.4 Å². The van der Waals surface area contributed by atoms with Crippen LogP contribution in [0.15, 0.2) is 18.2 Å². The van der Waals surface area contributed by atoms with E-state index >= 15 is 0 Å². The van der Waals surface area contributed by atoms with Crippen LogP contribution in [0.5, 0.6) is 5.75 Å². The molecule has 1 amide bonds. The summed E-state index contributed by atoms with van der Waals surface area (Å²) in [6, 6.07) is 6.02. The summed E-state index contributed by atoms with van der Waals surface area (Å²) < 4.78 is 10.7. The van der Waals surface area contributed by atoms with Gasteiger partial charge >= 0.3 is 5.97 Å². The van der Waals surface area contributed by atoms with Gasteiger partial charge in [0.05, 0.1) is 19.1 Å². The standard InChI is InChI=1S/C22H31NO5/c1-16-7-8-17(13-18(16)28-3)22(10-4-5-11-22)19(24)23-12-6-9-21(14-23,15-27-2)20(25)26/h7-8,13H,4-6,9-12,14-15H2,1-3H3,(H,25,26). The molecule has 0 spiro atoms. The third-order valence-corrected chi connectivity index (χ3v) is 6.57. The Hall–Kier alpha value is -2.08. The summed E-state index contributed by atoms with van der Waals surface area (Å²) >= 11 is 0. The fourth-order valence-corrected chi connectivity index (χ4v) is 4.96. The topological polar surface area (TPSA) is 76.1 Å². The van der Waals surface area contributed by atoms with Gasteiger partial charge in [-0.1, -0.05) is 25.0 Å². The number of carboxylic acids is 1. The first-order valence-electron chi connectivity index (χ1n) is 10.1. The minimum Gasteiger partial charge on any atom is -0.496 e. The number of hydrogen-bond donors (Lipinski definition) is 1. The lowest BCUT2D eigenvalue weighted by atomic mass is 9.75. The number of aryl methyl sites for hydroxylation is 1. The number of aliphatic carboxylic acids is 1. The largest absolute Gasteiger partial charge is 0.496 e. The van der Waals surface area contributed by atoms with Crippen LogP contribution in [0.3, 0.4) is 0 Å². The third kappa shape index (κ3) is 3.50. The maximum absolute atomic E-state index is 13.8. The molecule has 0 radical (unpaired) electrons. The Bertz CT molecular complexity index is 736. The Kier molecular flexibility index (Phi) is 5.98. The van der Waals surface area contributed by atoms with Gasteiger partial charge in [-0.15, -0.1) is 0 Å². The number of benzene rings is 1. The van der Waals surface area contributed by atoms with Crippen molar-refractivity contribution in [3.8, 4) is 5.75 Å². The van der Waals surface area contributed by atoms with Crippen molar-refractivity contribution in [2.45, 2.75) is 50.9 Å². The molecule has 6 nitrogen and oxygen atoms in total. The van der Waals surface area contributed by atoms with Gasteiger partial charge in [-0.3, -0.25) is 9.59 Å². The highest BCUT2D eigenvalue weighted by molar-refractivity contribution is 5.89. The van der Waals surface area contributed by atoms with Gasteiger partial charge in [0.25, 0.3) is 0 Å². The Morgan fingerprint density at radius 1 is 1.14 bits per heavy atom. The van der Waals surface area contributed by atoms with Gasteiger partial charge in [0.1, 0.15) is 11.2 Å². The van der Waals surface area contributed by atoms with Gasteiger partial charge in [-0.25, -0.2) is 0 Å². The highest BCUT2D eigenvalue weighted by Gasteiger charge is 2.50. The fraction of sp³-hybridized carbons (Fsp3) is 0.636. The second-order valence-electron chi connectivity index (χ2n) is 8.32. The molecular weight excluding hydrogens is 358 g/mol. The van der Waals surface area contributed by atoms with Crippen LogP contribution >= 0.6 is 0 Å². The zero-order chi connectivity index (χ0) is 20.4. The Morgan fingerprint density at radius 3 is 2.46 bits per heavy atom. The molecule has 1 aliphatic heterocycles. The molecule has 1 heterocycles. The fourth-order valence-electron chi connectivity index (χ4n) is 4.96. The zero-order valence-electron chi connectivity index (χ0n) is 17.1. The average Bonchev–Trinajstić information content (AvgIpc) is 3.19. The SMILES string of the molecule is COCC1(C(=O)O)CCCN(C(=O)C2(c3ccc(C)c(OC)c3)CCCC2)C1. The van der Waals surface area contributed by atoms with Crippen LogP contribution in [0.2, 0.25) is 0 Å². The van der Waals surface area contributed by atoms with E-state index in [1.165, 1.54) is 7.11 Å². The van der Waals surface area contributed by atoms with E-state index in [0.717, 1.165) is 42.6 Å². The molecule has 2 fully saturated rings. The number of likely N-dealkylation sites (tertiary alicyclic amines) is 1. The summed E-state index contributed by atoms with van der Waals surface area (Å²) in [5, 5.41) is 9.83. The van der Waals surface area contributed by atoms with Crippen molar-refractivity contribution < 1.29 is 24.2 Å². The second kappa shape index (κ2) is 8.11. The molecule has 2 aliphatic rings. The lowest BCUT2D eigenvalue weighted by Crippen LogP contribution is -2.56. The number of piperidine rings is 1. The van der Waals surface area contributed by atoms with Crippen LogP contribution < -0.4 is 4.74 Å². The predicted molar refractivity (Wildman–Crippen MR) is 106 cm³/mol. The number of carboxylic acid groups (broad SMARTS) is 1. The summed E-state index contributed by atoms with van der Waals surface area (Å²) in [4.78, 5) is 27.5. The van der Waals surface area contributed by atoms with Gasteiger partial charge in [-0.2, -0.15) is 0 Å². The number of ether oxygens (including phenoxy) is 2. The zero-order valence-corrected chi connectivity index (χ0v) is 17.1. The van der Waals surface area contributed by atoms with Crippen molar-refractivity contribution >= 4 is 11.9 Å². The summed E-state index contributed by atoms with van der Waals surface area (Å²) in [6.45, 7) is 2.92. The molecule has 0 aromatic heterocycles. The third-order valence-electron chi connectivity index (χ3n) is 6.57. The van der Waals surface area contributed by atoms with Gasteiger partial charge in [0.15, 0.2) is 0 Å². The Balaban J connectivity index is 1.94. The number of rotatable bonds is 6. The summed E-state index contributed by atoms with van der Waals surface area (Å²) in [5.41, 5.74) is 0.411. The quantitative estimate of drug-likeness (QED) is 0.809. The molecule has 3 rings (SSSR count). The Labute approximate surface area is 166 Å². The lowest BCUT2D eigenvalue weighted by molar-refractivity contribution is -0.160. The van der Waals surface area contributed by atoms with Crippen LogP contribution in [-0.2, 0) is 19.7 Å². The molecule has 1 aromatic rings. The molecule has 1 N–H and O–H groups in total. The van der Waals surface area contributed by atoms with E-state index in [9.17, 15) is 14.7 Å². The number of hydrogen-bond acceptors (Lipinski definition) is 4. The van der Waals surface area contributed by atoms with Gasteiger partial charge < -0.3 is 19.5 Å². The highest BCUT2D eigenvalue weighted by Crippen LogP contribution is 2.45. The second-order valence-corrected chi connectivity index (χ2v) is 8.32. The van der Waals surface area contributed by atoms with E-state index in [1.54, 1.807) is 12.0 Å². The van der Waals surface area contributed by atoms with E-state index in [1.807, 2.05) is 25.1 Å². The molecule has 1 saturated carbocycles. The molecule has 1 unspecified atom stereocenters. The van der Waals surface area contributed by atoms with Crippen molar-refractivity contribution in [2.75, 3.05) is 33.9 Å². The molecule has 1 saturated heterocycles. The van der Waals surface area contributed by atoms with Gasteiger partial charge in [0, 0.05) is 20.2 Å². The first-order valence-corrected chi connectivity index (χ1v) is 10.1. The number of carbonyl (C=O) groups is 2. The first-order chi connectivity index (χ1) is 13.4. The summed E-state index contributed by atoms with van der Waals surface area (Å²) in [6.07, 6.45) is 4.79. The van der Waals surface area contributed by atoms with Crippen molar-refractivity contribution in [3.05, 3.63) is 29.3 Å². The molecule has 28 heavy (non-hydrogen) atoms. The summed E-state index contributed by atoms with van der Waals surface area (Å²) in [7, 11) is 3.16. The maximum Gasteiger partial charge on any atom is 0.313 e. The van der Waals surface area contributed by atoms with Crippen LogP contribution in [0.1, 0.15) is 49.7 Å². The molecule has 0 bridgehead atoms. The Morgan fingerprint density at radius 2 is 1.86 bits per heavy atom. The van der Waals surface area contributed by atoms with Crippen molar-refractivity contribution in [1.82, 2.24) is 4.90 Å². The van der Waals surface area contributed by atoms with Crippen LogP contribution in [-0.4, -0.2) is 55.8 Å². The number of carbonyl (C=O) groups excluding carboxylic acids is 1. The predicted octanol–water partition coefficient (Wildman–Crippen LogP) is 3.16. The smallest absolute Gasteiger partial charge is 0.313 e. The van der Waals surface area contributed by atoms with Crippen molar-refractivity contribution in [3.63, 3.8) is 0 Å². The van der Waals surface area contributed by atoms with E-state index in [2.05, 4.69) is 0 Å². The van der Waals surface area contributed by atoms with E-state index in [4.69, 9.17) is 9.47 Å². The van der Waals surface area contributed by atoms with Crippen LogP contribution in [0, 0.1) is 12.3 Å². The summed E-state index contributed by atoms with van der Waals surface area (Å²) in [5.74, 6) is -0.0452. The minimum absolute atomic E-state index is 0.0531. The van der Waals surface area contributed by atoms with Crippen LogP contribution in [0.25, 0.3) is 0 Å². The van der Waals surface area contributed by atoms with Gasteiger partial charge in [-0.05, 0) is 49.8 Å². The number of methoxy groups -OCH3 is 2. The molecule has 154 valence electrons. The monoisotopic (exact) mass is 389 g/mol.